The first kappa shape index (κ1) is 23.0. The molecule has 0 fully saturated rings. The van der Waals surface area contributed by atoms with Crippen LogP contribution >= 0.6 is 0 Å². The van der Waals surface area contributed by atoms with Gasteiger partial charge in [0.1, 0.15) is 0 Å². The van der Waals surface area contributed by atoms with Crippen LogP contribution in [-0.2, 0) is 21.4 Å². The fourth-order valence-corrected chi connectivity index (χ4v) is 3.84. The van der Waals surface area contributed by atoms with Crippen LogP contribution in [0.1, 0.15) is 29.8 Å². The molecule has 0 saturated heterocycles. The van der Waals surface area contributed by atoms with E-state index < -0.39 is 10.0 Å². The SMILES string of the molecule is CC(C)C(=O)Nc1ccc(CNC(=O)c2ccc(S(=O)(=O)Nc3ccccc3)cc2)cc1. The summed E-state index contributed by atoms with van der Waals surface area (Å²) in [4.78, 5) is 24.2. The molecule has 3 aromatic rings. The summed E-state index contributed by atoms with van der Waals surface area (Å²) >= 11 is 0. The molecule has 0 aromatic heterocycles. The van der Waals surface area contributed by atoms with Crippen molar-refractivity contribution in [1.82, 2.24) is 5.32 Å². The molecule has 0 radical (unpaired) electrons. The molecule has 32 heavy (non-hydrogen) atoms. The third kappa shape index (κ3) is 6.18. The third-order valence-electron chi connectivity index (χ3n) is 4.65. The number of carbonyl (C=O) groups excluding carboxylic acids is 2. The Balaban J connectivity index is 1.57. The van der Waals surface area contributed by atoms with Gasteiger partial charge in [-0.2, -0.15) is 0 Å². The largest absolute Gasteiger partial charge is 0.348 e. The van der Waals surface area contributed by atoms with Gasteiger partial charge in [-0.3, -0.25) is 14.3 Å². The summed E-state index contributed by atoms with van der Waals surface area (Å²) in [5.41, 5.74) is 2.38. The minimum Gasteiger partial charge on any atom is -0.348 e. The molecule has 0 saturated carbocycles. The van der Waals surface area contributed by atoms with E-state index in [4.69, 9.17) is 0 Å². The average molecular weight is 452 g/mol. The Bertz CT molecular complexity index is 1170. The Morgan fingerprint density at radius 3 is 2.03 bits per heavy atom. The zero-order chi connectivity index (χ0) is 23.1. The summed E-state index contributed by atoms with van der Waals surface area (Å²) in [6, 6.07) is 21.5. The van der Waals surface area contributed by atoms with E-state index in [9.17, 15) is 18.0 Å². The summed E-state index contributed by atoms with van der Waals surface area (Å²) < 4.78 is 27.5. The second kappa shape index (κ2) is 10.1. The van der Waals surface area contributed by atoms with Crippen molar-refractivity contribution in [3.63, 3.8) is 0 Å². The average Bonchev–Trinajstić information content (AvgIpc) is 2.79. The maximum atomic E-state index is 12.5. The number of benzene rings is 3. The van der Waals surface area contributed by atoms with Gasteiger partial charge in [-0.15, -0.1) is 0 Å². The molecule has 0 aliphatic carbocycles. The van der Waals surface area contributed by atoms with Crippen molar-refractivity contribution >= 4 is 33.2 Å². The molecule has 3 N–H and O–H groups in total. The number of rotatable bonds is 8. The van der Waals surface area contributed by atoms with E-state index in [1.54, 1.807) is 42.5 Å². The second-order valence-corrected chi connectivity index (χ2v) is 9.20. The molecule has 0 aliphatic rings. The number of para-hydroxylation sites is 1. The minimum atomic E-state index is -3.74. The summed E-state index contributed by atoms with van der Waals surface area (Å²) in [6.07, 6.45) is 0. The fraction of sp³-hybridized carbons (Fsp3) is 0.167. The Morgan fingerprint density at radius 1 is 0.812 bits per heavy atom. The monoisotopic (exact) mass is 451 g/mol. The Kier molecular flexibility index (Phi) is 7.27. The molecule has 0 spiro atoms. The van der Waals surface area contributed by atoms with E-state index in [1.165, 1.54) is 24.3 Å². The van der Waals surface area contributed by atoms with Gasteiger partial charge in [-0.1, -0.05) is 44.2 Å². The molecule has 0 heterocycles. The van der Waals surface area contributed by atoms with E-state index in [1.807, 2.05) is 26.0 Å². The highest BCUT2D eigenvalue weighted by Gasteiger charge is 2.15. The molecular formula is C24H25N3O4S. The van der Waals surface area contributed by atoms with Gasteiger partial charge in [0.2, 0.25) is 5.91 Å². The summed E-state index contributed by atoms with van der Waals surface area (Å²) in [6.45, 7) is 3.94. The molecule has 0 unspecified atom stereocenters. The zero-order valence-corrected chi connectivity index (χ0v) is 18.6. The minimum absolute atomic E-state index is 0.0597. The molecule has 0 aliphatic heterocycles. The summed E-state index contributed by atoms with van der Waals surface area (Å²) in [5, 5.41) is 5.61. The number of anilines is 2. The topological polar surface area (TPSA) is 104 Å². The smallest absolute Gasteiger partial charge is 0.261 e. The van der Waals surface area contributed by atoms with Crippen LogP contribution in [0.4, 0.5) is 11.4 Å². The first-order chi connectivity index (χ1) is 15.2. The third-order valence-corrected chi connectivity index (χ3v) is 6.05. The zero-order valence-electron chi connectivity index (χ0n) is 17.8. The Hall–Kier alpha value is -3.65. The fourth-order valence-electron chi connectivity index (χ4n) is 2.78. The molecular weight excluding hydrogens is 426 g/mol. The van der Waals surface area contributed by atoms with E-state index in [0.29, 0.717) is 23.5 Å². The molecule has 3 rings (SSSR count). The molecule has 8 heteroatoms. The normalized spacial score (nSPS) is 11.1. The molecule has 0 atom stereocenters. The lowest BCUT2D eigenvalue weighted by Gasteiger charge is -2.10. The van der Waals surface area contributed by atoms with Gasteiger partial charge in [0.05, 0.1) is 4.90 Å². The van der Waals surface area contributed by atoms with Crippen LogP contribution in [0.2, 0.25) is 0 Å². The molecule has 7 nitrogen and oxygen atoms in total. The highest BCUT2D eigenvalue weighted by atomic mass is 32.2. The lowest BCUT2D eigenvalue weighted by Crippen LogP contribution is -2.23. The Labute approximate surface area is 187 Å². The number of amides is 2. The Morgan fingerprint density at radius 2 is 1.44 bits per heavy atom. The highest BCUT2D eigenvalue weighted by Crippen LogP contribution is 2.17. The first-order valence-electron chi connectivity index (χ1n) is 10.1. The van der Waals surface area contributed by atoms with Gasteiger partial charge in [0.15, 0.2) is 0 Å². The molecule has 0 bridgehead atoms. The molecule has 2 amide bonds. The standard InChI is InChI=1S/C24H25N3O4S/c1-17(2)23(28)26-20-12-8-18(9-13-20)16-25-24(29)19-10-14-22(15-11-19)32(30,31)27-21-6-4-3-5-7-21/h3-15,17,27H,16H2,1-2H3,(H,25,29)(H,26,28). The summed E-state index contributed by atoms with van der Waals surface area (Å²) in [5.74, 6) is -0.484. The maximum Gasteiger partial charge on any atom is 0.261 e. The van der Waals surface area contributed by atoms with Crippen LogP contribution in [0, 0.1) is 5.92 Å². The van der Waals surface area contributed by atoms with Crippen molar-refractivity contribution in [2.45, 2.75) is 25.3 Å². The lowest BCUT2D eigenvalue weighted by atomic mass is 10.1. The predicted molar refractivity (Wildman–Crippen MR) is 125 cm³/mol. The van der Waals surface area contributed by atoms with Crippen LogP contribution in [-0.4, -0.2) is 20.2 Å². The molecule has 3 aromatic carbocycles. The van der Waals surface area contributed by atoms with Crippen LogP contribution < -0.4 is 15.4 Å². The van der Waals surface area contributed by atoms with Gasteiger partial charge in [0, 0.05) is 29.4 Å². The van der Waals surface area contributed by atoms with E-state index in [-0.39, 0.29) is 22.6 Å². The number of sulfonamides is 1. The van der Waals surface area contributed by atoms with Crippen molar-refractivity contribution in [1.29, 1.82) is 0 Å². The van der Waals surface area contributed by atoms with Crippen molar-refractivity contribution in [3.8, 4) is 0 Å². The van der Waals surface area contributed by atoms with E-state index >= 15 is 0 Å². The molecule has 166 valence electrons. The van der Waals surface area contributed by atoms with Crippen molar-refractivity contribution in [3.05, 3.63) is 90.0 Å². The van der Waals surface area contributed by atoms with Crippen molar-refractivity contribution < 1.29 is 18.0 Å². The van der Waals surface area contributed by atoms with Crippen molar-refractivity contribution in [2.24, 2.45) is 5.92 Å². The predicted octanol–water partition coefficient (Wildman–Crippen LogP) is 4.01. The highest BCUT2D eigenvalue weighted by molar-refractivity contribution is 7.92. The second-order valence-electron chi connectivity index (χ2n) is 7.52. The number of carbonyl (C=O) groups is 2. The van der Waals surface area contributed by atoms with Gasteiger partial charge >= 0.3 is 0 Å². The quantitative estimate of drug-likeness (QED) is 0.481. The van der Waals surface area contributed by atoms with E-state index in [2.05, 4.69) is 15.4 Å². The van der Waals surface area contributed by atoms with Crippen LogP contribution in [0.5, 0.6) is 0 Å². The van der Waals surface area contributed by atoms with Gasteiger partial charge < -0.3 is 10.6 Å². The van der Waals surface area contributed by atoms with Crippen LogP contribution in [0.25, 0.3) is 0 Å². The van der Waals surface area contributed by atoms with Crippen LogP contribution in [0.3, 0.4) is 0 Å². The first-order valence-corrected chi connectivity index (χ1v) is 11.6. The maximum absolute atomic E-state index is 12.5. The van der Waals surface area contributed by atoms with Gasteiger partial charge in [0.25, 0.3) is 15.9 Å². The van der Waals surface area contributed by atoms with E-state index in [0.717, 1.165) is 5.56 Å². The summed E-state index contributed by atoms with van der Waals surface area (Å²) in [7, 11) is -3.74. The number of nitrogens with one attached hydrogen (secondary N) is 3. The number of hydrogen-bond donors (Lipinski definition) is 3. The van der Waals surface area contributed by atoms with Gasteiger partial charge in [-0.05, 0) is 54.1 Å². The lowest BCUT2D eigenvalue weighted by molar-refractivity contribution is -0.118. The number of hydrogen-bond acceptors (Lipinski definition) is 4. The van der Waals surface area contributed by atoms with Gasteiger partial charge in [-0.25, -0.2) is 8.42 Å². The van der Waals surface area contributed by atoms with Crippen molar-refractivity contribution in [2.75, 3.05) is 10.0 Å². The van der Waals surface area contributed by atoms with Crippen LogP contribution in [0.15, 0.2) is 83.8 Å².